The first-order valence-electron chi connectivity index (χ1n) is 4.74. The monoisotopic (exact) mass is 309 g/mol. The number of nitrogens with zero attached hydrogens (tertiary/aromatic N) is 2. The topological polar surface area (TPSA) is 54.4 Å². The number of rotatable bonds is 3. The Bertz CT molecular complexity index is 539. The minimum atomic E-state index is -0.322. The molecule has 0 atom stereocenters. The highest BCUT2D eigenvalue weighted by Gasteiger charge is 2.03. The number of thiophene rings is 1. The molecule has 0 spiro atoms. The van der Waals surface area contributed by atoms with Gasteiger partial charge in [0.2, 0.25) is 0 Å². The van der Waals surface area contributed by atoms with Crippen molar-refractivity contribution >= 4 is 39.4 Å². The first kappa shape index (κ1) is 11.9. The third-order valence-corrected chi connectivity index (χ3v) is 3.47. The van der Waals surface area contributed by atoms with E-state index in [4.69, 9.17) is 0 Å². The molecule has 0 saturated carbocycles. The third-order valence-electron chi connectivity index (χ3n) is 1.84. The van der Waals surface area contributed by atoms with Crippen molar-refractivity contribution in [1.82, 2.24) is 10.4 Å². The van der Waals surface area contributed by atoms with Gasteiger partial charge in [0, 0.05) is 20.9 Å². The van der Waals surface area contributed by atoms with Crippen molar-refractivity contribution in [2.45, 2.75) is 0 Å². The first-order chi connectivity index (χ1) is 8.25. The van der Waals surface area contributed by atoms with E-state index in [1.165, 1.54) is 11.3 Å². The largest absolute Gasteiger partial charge is 0.289 e. The minimum Gasteiger partial charge on any atom is -0.266 e. The molecule has 4 nitrogen and oxygen atoms in total. The van der Waals surface area contributed by atoms with E-state index in [2.05, 4.69) is 31.4 Å². The Kier molecular flexibility index (Phi) is 4.00. The van der Waals surface area contributed by atoms with Gasteiger partial charge in [0.25, 0.3) is 5.91 Å². The van der Waals surface area contributed by atoms with Crippen LogP contribution in [0.5, 0.6) is 0 Å². The van der Waals surface area contributed by atoms with Crippen LogP contribution in [0, 0.1) is 0 Å². The van der Waals surface area contributed by atoms with Crippen molar-refractivity contribution in [3.8, 4) is 0 Å². The van der Waals surface area contributed by atoms with Crippen LogP contribution in [0.15, 0.2) is 45.4 Å². The number of carbonyl (C=O) groups excluding carboxylic acids is 1. The van der Waals surface area contributed by atoms with Crippen LogP contribution in [0.2, 0.25) is 0 Å². The van der Waals surface area contributed by atoms with Crippen molar-refractivity contribution in [2.24, 2.45) is 5.10 Å². The average Bonchev–Trinajstić information content (AvgIpc) is 2.76. The Hall–Kier alpha value is -1.53. The molecule has 1 N–H and O–H groups in total. The van der Waals surface area contributed by atoms with E-state index in [0.717, 1.165) is 9.35 Å². The fourth-order valence-electron chi connectivity index (χ4n) is 1.10. The lowest BCUT2D eigenvalue weighted by Crippen LogP contribution is -2.18. The van der Waals surface area contributed by atoms with E-state index in [9.17, 15) is 4.79 Å². The minimum absolute atomic E-state index is 0.322. The zero-order valence-corrected chi connectivity index (χ0v) is 11.0. The zero-order chi connectivity index (χ0) is 12.1. The van der Waals surface area contributed by atoms with E-state index in [1.807, 2.05) is 11.4 Å². The van der Waals surface area contributed by atoms with Crippen LogP contribution >= 0.6 is 27.3 Å². The fraction of sp³-hybridized carbons (Fsp3) is 0. The van der Waals surface area contributed by atoms with Crippen LogP contribution < -0.4 is 5.43 Å². The van der Waals surface area contributed by atoms with Gasteiger partial charge in [-0.1, -0.05) is 6.07 Å². The van der Waals surface area contributed by atoms with E-state index >= 15 is 0 Å². The SMILES string of the molecule is O=C(N/N=C\c1cc(Br)cs1)c1ccccn1. The molecule has 0 fully saturated rings. The van der Waals surface area contributed by atoms with Gasteiger partial charge in [0.15, 0.2) is 0 Å². The van der Waals surface area contributed by atoms with E-state index < -0.39 is 0 Å². The number of hydrazone groups is 1. The zero-order valence-electron chi connectivity index (χ0n) is 8.63. The Labute approximate surface area is 111 Å². The number of aromatic nitrogens is 1. The Morgan fingerprint density at radius 2 is 2.41 bits per heavy atom. The van der Waals surface area contributed by atoms with Gasteiger partial charge in [-0.3, -0.25) is 9.78 Å². The predicted molar refractivity (Wildman–Crippen MR) is 71.3 cm³/mol. The van der Waals surface area contributed by atoms with Crippen LogP contribution in [0.25, 0.3) is 0 Å². The van der Waals surface area contributed by atoms with E-state index in [0.29, 0.717) is 5.69 Å². The number of hydrogen-bond donors (Lipinski definition) is 1. The molecule has 0 bridgehead atoms. The van der Waals surface area contributed by atoms with Gasteiger partial charge in [-0.2, -0.15) is 5.10 Å². The van der Waals surface area contributed by atoms with Gasteiger partial charge >= 0.3 is 0 Å². The maximum atomic E-state index is 11.5. The van der Waals surface area contributed by atoms with Crippen LogP contribution in [-0.4, -0.2) is 17.1 Å². The summed E-state index contributed by atoms with van der Waals surface area (Å²) in [5.41, 5.74) is 2.76. The molecular formula is C11H8BrN3OS. The molecule has 2 aromatic rings. The summed E-state index contributed by atoms with van der Waals surface area (Å²) < 4.78 is 1.00. The van der Waals surface area contributed by atoms with E-state index in [1.54, 1.807) is 30.6 Å². The summed E-state index contributed by atoms with van der Waals surface area (Å²) in [6.07, 6.45) is 3.16. The number of nitrogens with one attached hydrogen (secondary N) is 1. The summed E-state index contributed by atoms with van der Waals surface area (Å²) in [4.78, 5) is 16.4. The lowest BCUT2D eigenvalue weighted by molar-refractivity contribution is 0.0950. The Morgan fingerprint density at radius 1 is 1.53 bits per heavy atom. The Morgan fingerprint density at radius 3 is 3.06 bits per heavy atom. The quantitative estimate of drug-likeness (QED) is 0.700. The summed E-state index contributed by atoms with van der Waals surface area (Å²) in [5, 5.41) is 5.80. The lowest BCUT2D eigenvalue weighted by Gasteiger charge is -1.96. The van der Waals surface area contributed by atoms with E-state index in [-0.39, 0.29) is 5.91 Å². The number of halogens is 1. The van der Waals surface area contributed by atoms with Gasteiger partial charge in [-0.05, 0) is 34.1 Å². The van der Waals surface area contributed by atoms with Crippen molar-refractivity contribution in [2.75, 3.05) is 0 Å². The molecule has 0 unspecified atom stereocenters. The van der Waals surface area contributed by atoms with Gasteiger partial charge in [-0.25, -0.2) is 5.43 Å². The molecule has 0 aromatic carbocycles. The summed E-state index contributed by atoms with van der Waals surface area (Å²) in [5.74, 6) is -0.322. The van der Waals surface area contributed by atoms with Gasteiger partial charge in [-0.15, -0.1) is 11.3 Å². The second-order valence-electron chi connectivity index (χ2n) is 3.08. The molecule has 2 rings (SSSR count). The molecule has 0 radical (unpaired) electrons. The molecule has 1 amide bonds. The first-order valence-corrected chi connectivity index (χ1v) is 6.41. The second kappa shape index (κ2) is 5.70. The molecule has 0 saturated heterocycles. The van der Waals surface area contributed by atoms with Crippen molar-refractivity contribution in [3.05, 3.63) is 50.9 Å². The number of carbonyl (C=O) groups is 1. The lowest BCUT2D eigenvalue weighted by atomic mass is 10.3. The fourth-order valence-corrected chi connectivity index (χ4v) is 2.41. The maximum absolute atomic E-state index is 11.5. The predicted octanol–water partition coefficient (Wildman–Crippen LogP) is 2.67. The average molecular weight is 310 g/mol. The van der Waals surface area contributed by atoms with Crippen LogP contribution in [0.4, 0.5) is 0 Å². The van der Waals surface area contributed by atoms with Gasteiger partial charge in [0.05, 0.1) is 6.21 Å². The highest BCUT2D eigenvalue weighted by atomic mass is 79.9. The third kappa shape index (κ3) is 3.47. The van der Waals surface area contributed by atoms with Crippen molar-refractivity contribution in [1.29, 1.82) is 0 Å². The highest BCUT2D eigenvalue weighted by Crippen LogP contribution is 2.17. The van der Waals surface area contributed by atoms with Crippen LogP contribution in [0.3, 0.4) is 0 Å². The van der Waals surface area contributed by atoms with Crippen LogP contribution in [-0.2, 0) is 0 Å². The highest BCUT2D eigenvalue weighted by molar-refractivity contribution is 9.10. The summed E-state index contributed by atoms with van der Waals surface area (Å²) in [7, 11) is 0. The van der Waals surface area contributed by atoms with Gasteiger partial charge < -0.3 is 0 Å². The molecule has 86 valence electrons. The molecule has 2 aromatic heterocycles. The normalized spacial score (nSPS) is 10.6. The smallest absolute Gasteiger partial charge is 0.266 e. The number of hydrogen-bond acceptors (Lipinski definition) is 4. The standard InChI is InChI=1S/C11H8BrN3OS/c12-8-5-9(17-7-8)6-14-15-11(16)10-3-1-2-4-13-10/h1-7H,(H,15,16)/b14-6-. The molecule has 6 heteroatoms. The molecule has 0 aliphatic heterocycles. The molecule has 0 aliphatic carbocycles. The van der Waals surface area contributed by atoms with Crippen molar-refractivity contribution in [3.63, 3.8) is 0 Å². The number of pyridine rings is 1. The molecule has 17 heavy (non-hydrogen) atoms. The molecule has 2 heterocycles. The summed E-state index contributed by atoms with van der Waals surface area (Å²) in [6, 6.07) is 7.05. The second-order valence-corrected chi connectivity index (χ2v) is 4.94. The Balaban J connectivity index is 1.95. The number of amides is 1. The molecule has 0 aliphatic rings. The van der Waals surface area contributed by atoms with Crippen LogP contribution in [0.1, 0.15) is 15.4 Å². The summed E-state index contributed by atoms with van der Waals surface area (Å²) in [6.45, 7) is 0. The summed E-state index contributed by atoms with van der Waals surface area (Å²) >= 11 is 4.88. The maximum Gasteiger partial charge on any atom is 0.289 e. The van der Waals surface area contributed by atoms with Gasteiger partial charge in [0.1, 0.15) is 5.69 Å². The molecular weight excluding hydrogens is 302 g/mol. The van der Waals surface area contributed by atoms with Crippen molar-refractivity contribution < 1.29 is 4.79 Å².